The first-order chi connectivity index (χ1) is 4.88. The van der Waals surface area contributed by atoms with Gasteiger partial charge in [-0.1, -0.05) is 47.8 Å². The highest BCUT2D eigenvalue weighted by Gasteiger charge is 2.29. The van der Waals surface area contributed by atoms with Crippen LogP contribution in [0.4, 0.5) is 4.39 Å². The van der Waals surface area contributed by atoms with Gasteiger partial charge in [-0.25, -0.2) is 4.39 Å². The first-order valence-corrected chi connectivity index (χ1v) is 4.86. The van der Waals surface area contributed by atoms with E-state index in [2.05, 4.69) is 47.8 Å². The van der Waals surface area contributed by atoms with E-state index in [9.17, 15) is 9.18 Å². The third-order valence-electron chi connectivity index (χ3n) is 0.729. The SMILES string of the molecule is O=C(CF)NC(O)C(Br)(Br)Br. The van der Waals surface area contributed by atoms with E-state index in [1.54, 1.807) is 0 Å². The van der Waals surface area contributed by atoms with Crippen LogP contribution in [-0.4, -0.2) is 26.1 Å². The van der Waals surface area contributed by atoms with Gasteiger partial charge in [0.2, 0.25) is 0 Å². The van der Waals surface area contributed by atoms with Crippen molar-refractivity contribution in [1.82, 2.24) is 5.32 Å². The molecule has 0 rings (SSSR count). The van der Waals surface area contributed by atoms with E-state index in [0.717, 1.165) is 0 Å². The second-order valence-electron chi connectivity index (χ2n) is 1.65. The van der Waals surface area contributed by atoms with Gasteiger partial charge in [-0.3, -0.25) is 4.79 Å². The number of aliphatic hydroxyl groups excluding tert-OH is 1. The van der Waals surface area contributed by atoms with Crippen molar-refractivity contribution in [2.75, 3.05) is 6.67 Å². The summed E-state index contributed by atoms with van der Waals surface area (Å²) in [5, 5.41) is 11.0. The molecule has 0 bridgehead atoms. The number of hydrogen-bond acceptors (Lipinski definition) is 2. The Kier molecular flexibility index (Phi) is 5.08. The zero-order valence-corrected chi connectivity index (χ0v) is 9.91. The Labute approximate surface area is 88.1 Å². The Bertz CT molecular complexity index is 149. The van der Waals surface area contributed by atoms with Crippen molar-refractivity contribution in [3.05, 3.63) is 0 Å². The van der Waals surface area contributed by atoms with Crippen LogP contribution in [-0.2, 0) is 4.79 Å². The van der Waals surface area contributed by atoms with Crippen LogP contribution in [0.1, 0.15) is 0 Å². The van der Waals surface area contributed by atoms with E-state index in [4.69, 9.17) is 5.11 Å². The predicted molar refractivity (Wildman–Crippen MR) is 49.6 cm³/mol. The van der Waals surface area contributed by atoms with Gasteiger partial charge < -0.3 is 10.4 Å². The Balaban J connectivity index is 3.87. The molecule has 3 nitrogen and oxygen atoms in total. The van der Waals surface area contributed by atoms with E-state index in [1.165, 1.54) is 0 Å². The molecule has 0 aliphatic heterocycles. The average Bonchev–Trinajstić information content (AvgIpc) is 1.85. The van der Waals surface area contributed by atoms with Crippen LogP contribution < -0.4 is 5.32 Å². The second-order valence-corrected chi connectivity index (χ2v) is 8.59. The number of alkyl halides is 4. The lowest BCUT2D eigenvalue weighted by atomic mass is 10.6. The van der Waals surface area contributed by atoms with Crippen molar-refractivity contribution in [3.63, 3.8) is 0 Å². The van der Waals surface area contributed by atoms with Gasteiger partial charge in [0.25, 0.3) is 5.91 Å². The lowest BCUT2D eigenvalue weighted by Crippen LogP contribution is -2.43. The molecule has 0 saturated heterocycles. The summed E-state index contributed by atoms with van der Waals surface area (Å²) in [6.45, 7) is -1.15. The molecule has 0 aromatic carbocycles. The summed E-state index contributed by atoms with van der Waals surface area (Å²) < 4.78 is 10.6. The summed E-state index contributed by atoms with van der Waals surface area (Å²) in [5.74, 6) is -0.875. The van der Waals surface area contributed by atoms with Crippen LogP contribution in [0.25, 0.3) is 0 Å². The molecule has 0 aliphatic rings. The van der Waals surface area contributed by atoms with Crippen LogP contribution in [0, 0.1) is 0 Å². The fourth-order valence-corrected chi connectivity index (χ4v) is 0.616. The van der Waals surface area contributed by atoms with Crippen molar-refractivity contribution in [3.8, 4) is 0 Å². The largest absolute Gasteiger partial charge is 0.370 e. The van der Waals surface area contributed by atoms with Crippen molar-refractivity contribution in [2.45, 2.75) is 8.37 Å². The van der Waals surface area contributed by atoms with Gasteiger partial charge in [0, 0.05) is 0 Å². The van der Waals surface area contributed by atoms with Crippen molar-refractivity contribution in [2.24, 2.45) is 0 Å². The van der Waals surface area contributed by atoms with Crippen molar-refractivity contribution in [1.29, 1.82) is 0 Å². The van der Waals surface area contributed by atoms with Crippen LogP contribution in [0.15, 0.2) is 0 Å². The van der Waals surface area contributed by atoms with Crippen LogP contribution >= 0.6 is 47.8 Å². The molecular weight excluding hydrogens is 353 g/mol. The number of aliphatic hydroxyl groups is 1. The van der Waals surface area contributed by atoms with Gasteiger partial charge in [0.1, 0.15) is 0 Å². The highest BCUT2D eigenvalue weighted by molar-refractivity contribution is 9.39. The summed E-state index contributed by atoms with van der Waals surface area (Å²) in [6.07, 6.45) is -1.24. The second kappa shape index (κ2) is 4.74. The molecule has 0 aromatic rings. The van der Waals surface area contributed by atoms with Gasteiger partial charge in [-0.15, -0.1) is 0 Å². The highest BCUT2D eigenvalue weighted by Crippen LogP contribution is 2.35. The molecule has 7 heteroatoms. The molecule has 2 N–H and O–H groups in total. The first-order valence-electron chi connectivity index (χ1n) is 2.48. The molecule has 0 spiro atoms. The summed E-state index contributed by atoms with van der Waals surface area (Å²) in [5.41, 5.74) is 0. The summed E-state index contributed by atoms with van der Waals surface area (Å²) in [6, 6.07) is 0. The quantitative estimate of drug-likeness (QED) is 0.577. The van der Waals surface area contributed by atoms with Crippen molar-refractivity contribution >= 4 is 53.7 Å². The average molecular weight is 358 g/mol. The number of rotatable bonds is 2. The Hall–Kier alpha value is 0.800. The lowest BCUT2D eigenvalue weighted by molar-refractivity contribution is -0.124. The zero-order valence-electron chi connectivity index (χ0n) is 5.15. The molecule has 0 heterocycles. The minimum Gasteiger partial charge on any atom is -0.370 e. The molecular formula is C4H5Br3FNO2. The Morgan fingerprint density at radius 1 is 1.64 bits per heavy atom. The van der Waals surface area contributed by atoms with Gasteiger partial charge >= 0.3 is 0 Å². The first kappa shape index (κ1) is 11.8. The fraction of sp³-hybridized carbons (Fsp3) is 0.750. The molecule has 0 radical (unpaired) electrons. The maximum Gasteiger partial charge on any atom is 0.253 e. The number of amides is 1. The molecule has 1 unspecified atom stereocenters. The van der Waals surface area contributed by atoms with E-state index < -0.39 is 21.0 Å². The van der Waals surface area contributed by atoms with E-state index in [0.29, 0.717) is 0 Å². The minimum absolute atomic E-state index is 0.875. The van der Waals surface area contributed by atoms with Crippen LogP contribution in [0.5, 0.6) is 0 Å². The summed E-state index contributed by atoms with van der Waals surface area (Å²) in [4.78, 5) is 10.4. The minimum atomic E-state index is -1.24. The zero-order chi connectivity index (χ0) is 9.07. The molecule has 1 atom stereocenters. The van der Waals surface area contributed by atoms with Crippen LogP contribution in [0.3, 0.4) is 0 Å². The summed E-state index contributed by atoms with van der Waals surface area (Å²) in [7, 11) is 0. The number of carbonyl (C=O) groups excluding carboxylic acids is 1. The Morgan fingerprint density at radius 3 is 2.36 bits per heavy atom. The molecule has 0 saturated carbocycles. The van der Waals surface area contributed by atoms with Gasteiger partial charge in [-0.05, 0) is 0 Å². The summed E-state index contributed by atoms with van der Waals surface area (Å²) >= 11 is 8.84. The van der Waals surface area contributed by atoms with Gasteiger partial charge in [0.05, 0.1) is 0 Å². The number of hydrogen-bond donors (Lipinski definition) is 2. The maximum absolute atomic E-state index is 11.6. The molecule has 11 heavy (non-hydrogen) atoms. The molecule has 0 fully saturated rings. The topological polar surface area (TPSA) is 49.3 Å². The predicted octanol–water partition coefficient (Wildman–Crippen LogP) is 1.23. The number of nitrogens with one attached hydrogen (secondary N) is 1. The highest BCUT2D eigenvalue weighted by atomic mass is 80.0. The van der Waals surface area contributed by atoms with E-state index in [1.807, 2.05) is 5.32 Å². The standard InChI is InChI=1S/C4H5Br3FNO2/c5-4(6,7)3(11)9-2(10)1-8/h3,11H,1H2,(H,9,10). The fourth-order valence-electron chi connectivity index (χ4n) is 0.273. The third-order valence-corrected chi connectivity index (χ3v) is 2.03. The smallest absolute Gasteiger partial charge is 0.253 e. The monoisotopic (exact) mass is 355 g/mol. The third kappa shape index (κ3) is 5.10. The van der Waals surface area contributed by atoms with Crippen molar-refractivity contribution < 1.29 is 14.3 Å². The molecule has 0 aliphatic carbocycles. The number of halogens is 4. The van der Waals surface area contributed by atoms with Crippen LogP contribution in [0.2, 0.25) is 0 Å². The Morgan fingerprint density at radius 2 is 2.09 bits per heavy atom. The molecule has 0 aromatic heterocycles. The maximum atomic E-state index is 11.6. The normalized spacial score (nSPS) is 14.3. The van der Waals surface area contributed by atoms with Gasteiger partial charge in [-0.2, -0.15) is 0 Å². The lowest BCUT2D eigenvalue weighted by Gasteiger charge is -2.20. The molecule has 1 amide bonds. The van der Waals surface area contributed by atoms with E-state index in [-0.39, 0.29) is 0 Å². The number of carbonyl (C=O) groups is 1. The molecule has 66 valence electrons. The van der Waals surface area contributed by atoms with Gasteiger partial charge in [0.15, 0.2) is 15.0 Å². The van der Waals surface area contributed by atoms with E-state index >= 15 is 0 Å².